The van der Waals surface area contributed by atoms with E-state index in [1.165, 1.54) is 0 Å². The number of aliphatic hydroxyl groups is 1. The van der Waals surface area contributed by atoms with Crippen molar-refractivity contribution in [1.29, 1.82) is 0 Å². The van der Waals surface area contributed by atoms with E-state index in [2.05, 4.69) is 0 Å². The zero-order valence-corrected chi connectivity index (χ0v) is 11.6. The van der Waals surface area contributed by atoms with Crippen LogP contribution in [0.1, 0.15) is 6.92 Å². The topological polar surface area (TPSA) is 66.4 Å². The molecule has 6 heteroatoms. The van der Waals surface area contributed by atoms with E-state index in [-0.39, 0.29) is 25.4 Å². The van der Waals surface area contributed by atoms with E-state index >= 15 is 0 Å². The van der Waals surface area contributed by atoms with Crippen LogP contribution in [0.3, 0.4) is 0 Å². The molecule has 2 atom stereocenters. The molecule has 0 saturated heterocycles. The molecule has 0 heterocycles. The summed E-state index contributed by atoms with van der Waals surface area (Å²) in [6, 6.07) is 0. The summed E-state index contributed by atoms with van der Waals surface area (Å²) in [5.41, 5.74) is 0. The Morgan fingerprint density at radius 1 is 0.889 bits per heavy atom. The average molecular weight is 266 g/mol. The molecule has 0 aromatic rings. The van der Waals surface area contributed by atoms with Crippen LogP contribution in [0, 0.1) is 0 Å². The van der Waals surface area contributed by atoms with Gasteiger partial charge in [-0.3, -0.25) is 0 Å². The van der Waals surface area contributed by atoms with Crippen molar-refractivity contribution in [2.45, 2.75) is 19.1 Å². The second-order valence-electron chi connectivity index (χ2n) is 3.74. The lowest BCUT2D eigenvalue weighted by molar-refractivity contribution is -0.0896. The minimum absolute atomic E-state index is 0.00847. The predicted octanol–water partition coefficient (Wildman–Crippen LogP) is 0.0784. The van der Waals surface area contributed by atoms with Crippen LogP contribution in [-0.4, -0.2) is 77.8 Å². The molecule has 0 aromatic carbocycles. The Kier molecular flexibility index (Phi) is 13.0. The van der Waals surface area contributed by atoms with Gasteiger partial charge in [0.25, 0.3) is 0 Å². The maximum absolute atomic E-state index is 8.69. The van der Waals surface area contributed by atoms with Gasteiger partial charge in [-0.25, -0.2) is 0 Å². The van der Waals surface area contributed by atoms with Crippen molar-refractivity contribution in [2.75, 3.05) is 60.5 Å². The summed E-state index contributed by atoms with van der Waals surface area (Å²) in [5.74, 6) is 0. The van der Waals surface area contributed by atoms with Gasteiger partial charge in [-0.2, -0.15) is 0 Å². The molecule has 2 unspecified atom stereocenters. The van der Waals surface area contributed by atoms with Crippen molar-refractivity contribution >= 4 is 0 Å². The second kappa shape index (κ2) is 13.2. The van der Waals surface area contributed by atoms with Gasteiger partial charge in [-0.15, -0.1) is 0 Å². The molecule has 0 aromatic heterocycles. The Bertz CT molecular complexity index is 161. The number of hydrogen-bond donors (Lipinski definition) is 1. The Hall–Kier alpha value is -0.240. The highest BCUT2D eigenvalue weighted by Crippen LogP contribution is 1.99. The monoisotopic (exact) mass is 266 g/mol. The van der Waals surface area contributed by atoms with Crippen molar-refractivity contribution < 1.29 is 28.8 Å². The highest BCUT2D eigenvalue weighted by molar-refractivity contribution is 4.59. The molecule has 0 radical (unpaired) electrons. The molecule has 0 aliphatic carbocycles. The Labute approximate surface area is 109 Å². The first-order chi connectivity index (χ1) is 8.78. The number of rotatable bonds is 13. The average Bonchev–Trinajstić information content (AvgIpc) is 2.36. The first-order valence-corrected chi connectivity index (χ1v) is 6.18. The first kappa shape index (κ1) is 17.8. The molecule has 6 nitrogen and oxygen atoms in total. The van der Waals surface area contributed by atoms with E-state index in [9.17, 15) is 0 Å². The van der Waals surface area contributed by atoms with Gasteiger partial charge in [0.1, 0.15) is 12.2 Å². The Morgan fingerprint density at radius 3 is 1.89 bits per heavy atom. The fraction of sp³-hybridized carbons (Fsp3) is 1.00. The fourth-order valence-electron chi connectivity index (χ4n) is 1.45. The van der Waals surface area contributed by atoms with E-state index in [0.29, 0.717) is 33.0 Å². The van der Waals surface area contributed by atoms with E-state index < -0.39 is 0 Å². The predicted molar refractivity (Wildman–Crippen MR) is 66.8 cm³/mol. The number of aliphatic hydroxyl groups excluding tert-OH is 1. The van der Waals surface area contributed by atoms with Crippen LogP contribution in [0.4, 0.5) is 0 Å². The van der Waals surface area contributed by atoms with Crippen molar-refractivity contribution in [3.05, 3.63) is 0 Å². The van der Waals surface area contributed by atoms with Crippen LogP contribution in [0.25, 0.3) is 0 Å². The summed E-state index contributed by atoms with van der Waals surface area (Å²) >= 11 is 0. The third-order valence-electron chi connectivity index (χ3n) is 2.16. The maximum Gasteiger partial charge on any atom is 0.104 e. The molecule has 0 aliphatic heterocycles. The summed E-state index contributed by atoms with van der Waals surface area (Å²) in [6.07, 6.45) is -0.243. The fourth-order valence-corrected chi connectivity index (χ4v) is 1.45. The van der Waals surface area contributed by atoms with Crippen molar-refractivity contribution in [1.82, 2.24) is 0 Å². The molecule has 110 valence electrons. The summed E-state index contributed by atoms with van der Waals surface area (Å²) < 4.78 is 26.4. The van der Waals surface area contributed by atoms with Crippen LogP contribution in [0.2, 0.25) is 0 Å². The first-order valence-electron chi connectivity index (χ1n) is 6.18. The quantitative estimate of drug-likeness (QED) is 0.509. The van der Waals surface area contributed by atoms with E-state index in [1.807, 2.05) is 6.92 Å². The van der Waals surface area contributed by atoms with Crippen LogP contribution < -0.4 is 0 Å². The zero-order chi connectivity index (χ0) is 13.6. The molecule has 0 rings (SSSR count). The van der Waals surface area contributed by atoms with Gasteiger partial charge in [0, 0.05) is 20.8 Å². The van der Waals surface area contributed by atoms with Crippen LogP contribution in [0.15, 0.2) is 0 Å². The highest BCUT2D eigenvalue weighted by atomic mass is 16.6. The molecule has 0 fully saturated rings. The minimum Gasteiger partial charge on any atom is -0.394 e. The van der Waals surface area contributed by atoms with Crippen LogP contribution in [0.5, 0.6) is 0 Å². The second-order valence-corrected chi connectivity index (χ2v) is 3.74. The molecule has 0 bridgehead atoms. The molecular formula is C12H26O6. The van der Waals surface area contributed by atoms with Crippen molar-refractivity contribution in [3.63, 3.8) is 0 Å². The SMILES string of the molecule is CCOC(COC)COCC(COC)OCCO. The molecule has 0 amide bonds. The molecule has 18 heavy (non-hydrogen) atoms. The van der Waals surface area contributed by atoms with Crippen molar-refractivity contribution in [2.24, 2.45) is 0 Å². The number of ether oxygens (including phenoxy) is 5. The minimum atomic E-state index is -0.174. The summed E-state index contributed by atoms with van der Waals surface area (Å²) in [7, 11) is 3.23. The third kappa shape index (κ3) is 9.76. The van der Waals surface area contributed by atoms with Gasteiger partial charge in [0.15, 0.2) is 0 Å². The van der Waals surface area contributed by atoms with Crippen molar-refractivity contribution in [3.8, 4) is 0 Å². The lowest BCUT2D eigenvalue weighted by Crippen LogP contribution is -2.31. The van der Waals surface area contributed by atoms with Crippen LogP contribution >= 0.6 is 0 Å². The lowest BCUT2D eigenvalue weighted by atomic mass is 10.4. The van der Waals surface area contributed by atoms with Gasteiger partial charge >= 0.3 is 0 Å². The van der Waals surface area contributed by atoms with Crippen LogP contribution in [-0.2, 0) is 23.7 Å². The largest absolute Gasteiger partial charge is 0.394 e. The maximum atomic E-state index is 8.69. The zero-order valence-electron chi connectivity index (χ0n) is 11.6. The van der Waals surface area contributed by atoms with Gasteiger partial charge < -0.3 is 28.8 Å². The molecule has 0 spiro atoms. The third-order valence-corrected chi connectivity index (χ3v) is 2.16. The normalized spacial score (nSPS) is 14.7. The summed E-state index contributed by atoms with van der Waals surface area (Å²) in [6.45, 7) is 4.62. The number of hydrogen-bond acceptors (Lipinski definition) is 6. The van der Waals surface area contributed by atoms with E-state index in [1.54, 1.807) is 14.2 Å². The Balaban J connectivity index is 3.78. The molecule has 0 aliphatic rings. The summed E-state index contributed by atoms with van der Waals surface area (Å²) in [5, 5.41) is 8.69. The molecular weight excluding hydrogens is 240 g/mol. The van der Waals surface area contributed by atoms with Gasteiger partial charge in [-0.1, -0.05) is 0 Å². The lowest BCUT2D eigenvalue weighted by Gasteiger charge is -2.20. The Morgan fingerprint density at radius 2 is 1.44 bits per heavy atom. The van der Waals surface area contributed by atoms with Gasteiger partial charge in [0.2, 0.25) is 0 Å². The smallest absolute Gasteiger partial charge is 0.104 e. The highest BCUT2D eigenvalue weighted by Gasteiger charge is 2.12. The van der Waals surface area contributed by atoms with Gasteiger partial charge in [0.05, 0.1) is 39.6 Å². The molecule has 0 saturated carbocycles. The van der Waals surface area contributed by atoms with E-state index in [0.717, 1.165) is 0 Å². The summed E-state index contributed by atoms with van der Waals surface area (Å²) in [4.78, 5) is 0. The number of methoxy groups -OCH3 is 2. The van der Waals surface area contributed by atoms with Gasteiger partial charge in [-0.05, 0) is 6.92 Å². The van der Waals surface area contributed by atoms with E-state index in [4.69, 9.17) is 28.8 Å². The standard InChI is InChI=1S/C12H26O6/c1-4-17-11(7-14-2)9-16-10-12(8-15-3)18-6-5-13/h11-13H,4-10H2,1-3H3. The molecule has 1 N–H and O–H groups in total.